The summed E-state index contributed by atoms with van der Waals surface area (Å²) in [5.74, 6) is 0.134. The van der Waals surface area contributed by atoms with Crippen molar-refractivity contribution in [3.8, 4) is 0 Å². The van der Waals surface area contributed by atoms with Crippen LogP contribution in [0.1, 0.15) is 0 Å². The molecule has 0 aliphatic heterocycles. The van der Waals surface area contributed by atoms with Crippen LogP contribution in [0.5, 0.6) is 0 Å². The summed E-state index contributed by atoms with van der Waals surface area (Å²) in [7, 11) is 0. The first-order valence-corrected chi connectivity index (χ1v) is 3.84. The molecule has 0 radical (unpaired) electrons. The fraction of sp³-hybridized carbons (Fsp3) is 0.333. The molecule has 0 aromatic carbocycles. The van der Waals surface area contributed by atoms with Crippen molar-refractivity contribution in [2.24, 2.45) is 0 Å². The maximum atomic E-state index is 9.08. The molecular formula is C6H12N6O2. The van der Waals surface area contributed by atoms with Crippen molar-refractivity contribution in [3.63, 3.8) is 0 Å². The van der Waals surface area contributed by atoms with Gasteiger partial charge in [0.2, 0.25) is 5.49 Å². The van der Waals surface area contributed by atoms with Crippen LogP contribution < -0.4 is 22.3 Å². The lowest BCUT2D eigenvalue weighted by molar-refractivity contribution is 0.132. The second kappa shape index (κ2) is 3.83. The van der Waals surface area contributed by atoms with Crippen molar-refractivity contribution < 1.29 is 10.3 Å². The van der Waals surface area contributed by atoms with Crippen LogP contribution in [0.3, 0.4) is 0 Å². The molecule has 0 fully saturated rings. The Bertz CT molecular complexity index is 387. The van der Waals surface area contributed by atoms with E-state index in [0.717, 1.165) is 0 Å². The highest BCUT2D eigenvalue weighted by Gasteiger charge is 2.08. The predicted molar refractivity (Wildman–Crippen MR) is 49.7 cm³/mol. The molecule has 8 N–H and O–H groups in total. The van der Waals surface area contributed by atoms with Crippen LogP contribution in [0.4, 0.5) is 17.2 Å². The first kappa shape index (κ1) is 10.1. The topological polar surface area (TPSA) is 146 Å². The average molecular weight is 200 g/mol. The summed E-state index contributed by atoms with van der Waals surface area (Å²) >= 11 is 0. The Labute approximate surface area is 79.2 Å². The summed E-state index contributed by atoms with van der Waals surface area (Å²) in [6.45, 7) is 0.128. The molecule has 0 aliphatic carbocycles. The van der Waals surface area contributed by atoms with Crippen molar-refractivity contribution in [1.82, 2.24) is 9.94 Å². The number of nitrogens with zero attached hydrogens (tertiary/aromatic N) is 2. The van der Waals surface area contributed by atoms with Crippen molar-refractivity contribution in [3.05, 3.63) is 5.49 Å². The fourth-order valence-electron chi connectivity index (χ4n) is 0.866. The number of anilines is 3. The molecule has 1 aromatic rings. The zero-order valence-electron chi connectivity index (χ0n) is 7.36. The van der Waals surface area contributed by atoms with Gasteiger partial charge >= 0.3 is 0 Å². The first-order chi connectivity index (χ1) is 6.57. The molecule has 0 unspecified atom stereocenters. The lowest BCUT2D eigenvalue weighted by Crippen LogP contribution is -2.27. The minimum Gasteiger partial charge on any atom is -0.410 e. The number of nitrogens with two attached hydrogens (primary N) is 2. The van der Waals surface area contributed by atoms with Gasteiger partial charge in [-0.1, -0.05) is 4.85 Å². The van der Waals surface area contributed by atoms with Crippen LogP contribution in [0.25, 0.3) is 0 Å². The maximum absolute atomic E-state index is 9.08. The Morgan fingerprint density at radius 1 is 1.43 bits per heavy atom. The van der Waals surface area contributed by atoms with Crippen LogP contribution in [0.15, 0.2) is 0 Å². The van der Waals surface area contributed by atoms with E-state index >= 15 is 0 Å². The zero-order chi connectivity index (χ0) is 10.7. The van der Waals surface area contributed by atoms with Crippen LogP contribution >= 0.6 is 0 Å². The smallest absolute Gasteiger partial charge is 0.207 e. The van der Waals surface area contributed by atoms with Gasteiger partial charge in [-0.25, -0.2) is 0 Å². The van der Waals surface area contributed by atoms with Gasteiger partial charge in [0.1, 0.15) is 11.4 Å². The van der Waals surface area contributed by atoms with Crippen molar-refractivity contribution in [2.75, 3.05) is 29.9 Å². The van der Waals surface area contributed by atoms with E-state index in [4.69, 9.17) is 27.2 Å². The van der Waals surface area contributed by atoms with Gasteiger partial charge in [0.15, 0.2) is 5.82 Å². The molecule has 1 aromatic heterocycles. The molecule has 0 saturated heterocycles. The predicted octanol–water partition coefficient (Wildman–Crippen LogP) is -1.83. The minimum atomic E-state index is -0.378. The molecule has 0 saturated carbocycles. The minimum absolute atomic E-state index is 0.0667. The quantitative estimate of drug-likeness (QED) is 0.316. The fourth-order valence-corrected chi connectivity index (χ4v) is 0.866. The zero-order valence-corrected chi connectivity index (χ0v) is 7.36. The Kier molecular flexibility index (Phi) is 2.77. The van der Waals surface area contributed by atoms with Crippen molar-refractivity contribution >= 4 is 17.2 Å². The van der Waals surface area contributed by atoms with Gasteiger partial charge in [-0.05, 0) is 0 Å². The molecule has 0 atom stereocenters. The van der Waals surface area contributed by atoms with Crippen molar-refractivity contribution in [2.45, 2.75) is 0 Å². The van der Waals surface area contributed by atoms with E-state index < -0.39 is 0 Å². The number of nitrogens with one attached hydrogen (secondary N) is 2. The molecule has 0 aliphatic rings. The van der Waals surface area contributed by atoms with E-state index in [0.29, 0.717) is 4.85 Å². The highest BCUT2D eigenvalue weighted by Crippen LogP contribution is 2.17. The van der Waals surface area contributed by atoms with Gasteiger partial charge in [0.05, 0.1) is 6.61 Å². The normalized spacial score (nSPS) is 10.1. The highest BCUT2D eigenvalue weighted by molar-refractivity contribution is 5.73. The highest BCUT2D eigenvalue weighted by atomic mass is 16.5. The molecule has 0 bridgehead atoms. The van der Waals surface area contributed by atoms with Crippen LogP contribution in [-0.2, 0) is 0 Å². The van der Waals surface area contributed by atoms with Gasteiger partial charge in [0.25, 0.3) is 0 Å². The van der Waals surface area contributed by atoms with Gasteiger partial charge in [0, 0.05) is 6.54 Å². The third-order valence-corrected chi connectivity index (χ3v) is 1.60. The molecule has 0 spiro atoms. The largest absolute Gasteiger partial charge is 0.410 e. The summed E-state index contributed by atoms with van der Waals surface area (Å²) in [5.41, 5.74) is 10.6. The van der Waals surface area contributed by atoms with E-state index in [1.54, 1.807) is 0 Å². The summed E-state index contributed by atoms with van der Waals surface area (Å²) in [6.07, 6.45) is 0. The molecule has 78 valence electrons. The maximum Gasteiger partial charge on any atom is 0.207 e. The Hall–Kier alpha value is -1.96. The van der Waals surface area contributed by atoms with Crippen LogP contribution in [0, 0.1) is 5.41 Å². The Balaban J connectivity index is 3.13. The number of aliphatic hydroxyl groups excluding tert-OH is 1. The van der Waals surface area contributed by atoms with Gasteiger partial charge < -0.3 is 27.1 Å². The van der Waals surface area contributed by atoms with E-state index in [-0.39, 0.29) is 35.8 Å². The first-order valence-electron chi connectivity index (χ1n) is 3.84. The Morgan fingerprint density at radius 2 is 2.07 bits per heavy atom. The van der Waals surface area contributed by atoms with Gasteiger partial charge in [-0.2, -0.15) is 0 Å². The van der Waals surface area contributed by atoms with Gasteiger partial charge in [-0.3, -0.25) is 5.41 Å². The number of nitrogen functional groups attached to an aromatic ring is 2. The molecule has 8 heteroatoms. The summed E-state index contributed by atoms with van der Waals surface area (Å²) in [4.78, 5) is 0.311. The molecule has 14 heavy (non-hydrogen) atoms. The third-order valence-electron chi connectivity index (χ3n) is 1.60. The van der Waals surface area contributed by atoms with E-state index in [2.05, 4.69) is 10.4 Å². The van der Waals surface area contributed by atoms with Crippen molar-refractivity contribution in [1.29, 1.82) is 5.41 Å². The number of rotatable bonds is 3. The number of aliphatic hydroxyl groups is 1. The number of hydrogen-bond donors (Lipinski definition) is 6. The molecule has 1 rings (SSSR count). The van der Waals surface area contributed by atoms with E-state index in [1.807, 2.05) is 0 Å². The summed E-state index contributed by atoms with van der Waals surface area (Å²) < 4.78 is 0. The van der Waals surface area contributed by atoms with Crippen LogP contribution in [-0.4, -0.2) is 33.4 Å². The molecular weight excluding hydrogens is 188 g/mol. The standard InChI is InChI=1S/C6H12N6O2/c7-3-4(8)6(10-1-2-13)11-12(14)5(3)9/h9,13-14H,1-2,7-8H2,(H,10,11). The second-order valence-electron chi connectivity index (χ2n) is 2.56. The molecule has 1 heterocycles. The monoisotopic (exact) mass is 200 g/mol. The molecule has 8 nitrogen and oxygen atoms in total. The second-order valence-corrected chi connectivity index (χ2v) is 2.56. The lowest BCUT2D eigenvalue weighted by atomic mass is 10.3. The van der Waals surface area contributed by atoms with Crippen LogP contribution in [0.2, 0.25) is 0 Å². The molecule has 0 amide bonds. The number of aromatic nitrogens is 2. The lowest BCUT2D eigenvalue weighted by Gasteiger charge is -2.09. The Morgan fingerprint density at radius 3 is 2.64 bits per heavy atom. The third kappa shape index (κ3) is 1.69. The van der Waals surface area contributed by atoms with E-state index in [9.17, 15) is 0 Å². The number of hydrogen-bond acceptors (Lipinski definition) is 7. The summed E-state index contributed by atoms with van der Waals surface area (Å²) in [5, 5.41) is 31.0. The average Bonchev–Trinajstić information content (AvgIpc) is 2.18. The van der Waals surface area contributed by atoms with Gasteiger partial charge in [-0.15, -0.1) is 5.10 Å². The summed E-state index contributed by atoms with van der Waals surface area (Å²) in [6, 6.07) is 0. The SMILES string of the molecule is N=c1c(N)c(N)c(NCCO)nn1O. The van der Waals surface area contributed by atoms with E-state index in [1.165, 1.54) is 0 Å².